The molecule has 3 rings (SSSR count). The molecule has 5 nitrogen and oxygen atoms in total. The molecular formula is C15H20N4O. The van der Waals surface area contributed by atoms with Crippen LogP contribution in [0.25, 0.3) is 0 Å². The summed E-state index contributed by atoms with van der Waals surface area (Å²) in [5.41, 5.74) is 2.54. The van der Waals surface area contributed by atoms with Crippen LogP contribution in [0.1, 0.15) is 24.0 Å². The van der Waals surface area contributed by atoms with Gasteiger partial charge in [0.05, 0.1) is 0 Å². The molecule has 0 bridgehead atoms. The van der Waals surface area contributed by atoms with Crippen LogP contribution in [0.4, 0.5) is 0 Å². The summed E-state index contributed by atoms with van der Waals surface area (Å²) in [6.45, 7) is 1.55. The molecule has 2 aromatic rings. The fourth-order valence-electron chi connectivity index (χ4n) is 2.17. The van der Waals surface area contributed by atoms with E-state index < -0.39 is 0 Å². The first kappa shape index (κ1) is 13.1. The highest BCUT2D eigenvalue weighted by atomic mass is 16.5. The van der Waals surface area contributed by atoms with Gasteiger partial charge in [-0.3, -0.25) is 4.68 Å². The number of nitrogens with one attached hydrogen (secondary N) is 1. The monoisotopic (exact) mass is 272 g/mol. The second kappa shape index (κ2) is 6.05. The first-order chi connectivity index (χ1) is 9.81. The lowest BCUT2D eigenvalue weighted by atomic mass is 10.1. The Labute approximate surface area is 119 Å². The molecule has 20 heavy (non-hydrogen) atoms. The van der Waals surface area contributed by atoms with Gasteiger partial charge in [-0.05, 0) is 36.9 Å². The molecule has 0 spiro atoms. The van der Waals surface area contributed by atoms with Gasteiger partial charge in [0.1, 0.15) is 12.9 Å². The van der Waals surface area contributed by atoms with Crippen molar-refractivity contribution in [3.8, 4) is 6.01 Å². The zero-order valence-electron chi connectivity index (χ0n) is 11.7. The summed E-state index contributed by atoms with van der Waals surface area (Å²) in [5, 5.41) is 7.66. The summed E-state index contributed by atoms with van der Waals surface area (Å²) in [4.78, 5) is 4.07. The Morgan fingerprint density at radius 2 is 2.10 bits per heavy atom. The topological polar surface area (TPSA) is 52.0 Å². The average Bonchev–Trinajstić information content (AvgIpc) is 3.19. The Kier molecular flexibility index (Phi) is 3.97. The SMILES string of the molecule is Cn1cnc(OCc2ccccc2CCNC2CC2)n1. The van der Waals surface area contributed by atoms with Crippen LogP contribution < -0.4 is 10.1 Å². The fourth-order valence-corrected chi connectivity index (χ4v) is 2.17. The number of rotatable bonds is 7. The first-order valence-electron chi connectivity index (χ1n) is 7.10. The van der Waals surface area contributed by atoms with Crippen LogP contribution in [-0.4, -0.2) is 27.4 Å². The third-order valence-corrected chi connectivity index (χ3v) is 3.46. The molecule has 1 aliphatic rings. The molecule has 106 valence electrons. The number of ether oxygens (including phenoxy) is 1. The Balaban J connectivity index is 1.56. The van der Waals surface area contributed by atoms with Crippen LogP contribution in [0.3, 0.4) is 0 Å². The normalized spacial score (nSPS) is 14.4. The van der Waals surface area contributed by atoms with E-state index in [2.05, 4.69) is 33.6 Å². The molecule has 1 N–H and O–H groups in total. The minimum Gasteiger partial charge on any atom is -0.458 e. The molecule has 0 unspecified atom stereocenters. The molecule has 0 aliphatic heterocycles. The van der Waals surface area contributed by atoms with Gasteiger partial charge in [0, 0.05) is 13.1 Å². The lowest BCUT2D eigenvalue weighted by Gasteiger charge is -2.09. The lowest BCUT2D eigenvalue weighted by molar-refractivity contribution is 0.279. The molecule has 0 atom stereocenters. The summed E-state index contributed by atoms with van der Waals surface area (Å²) in [5.74, 6) is 0. The number of aromatic nitrogens is 3. The highest BCUT2D eigenvalue weighted by molar-refractivity contribution is 5.27. The predicted octanol–water partition coefficient (Wildman–Crippen LogP) is 1.69. The summed E-state index contributed by atoms with van der Waals surface area (Å²) in [6.07, 6.45) is 5.33. The van der Waals surface area contributed by atoms with E-state index in [-0.39, 0.29) is 0 Å². The molecule has 1 fully saturated rings. The Morgan fingerprint density at radius 3 is 2.80 bits per heavy atom. The number of benzene rings is 1. The highest BCUT2D eigenvalue weighted by Crippen LogP contribution is 2.19. The van der Waals surface area contributed by atoms with Gasteiger partial charge in [0.25, 0.3) is 0 Å². The van der Waals surface area contributed by atoms with Gasteiger partial charge in [-0.25, -0.2) is 0 Å². The Morgan fingerprint density at radius 1 is 1.30 bits per heavy atom. The molecule has 1 heterocycles. The summed E-state index contributed by atoms with van der Waals surface area (Å²) < 4.78 is 7.27. The van der Waals surface area contributed by atoms with E-state index >= 15 is 0 Å². The number of nitrogens with zero attached hydrogens (tertiary/aromatic N) is 3. The summed E-state index contributed by atoms with van der Waals surface area (Å²) in [7, 11) is 1.83. The predicted molar refractivity (Wildman–Crippen MR) is 76.5 cm³/mol. The second-order valence-electron chi connectivity index (χ2n) is 5.24. The van der Waals surface area contributed by atoms with E-state index in [1.54, 1.807) is 11.0 Å². The highest BCUT2D eigenvalue weighted by Gasteiger charge is 2.19. The summed E-state index contributed by atoms with van der Waals surface area (Å²) in [6, 6.07) is 9.58. The van der Waals surface area contributed by atoms with E-state index in [1.807, 2.05) is 13.1 Å². The van der Waals surface area contributed by atoms with Crippen LogP contribution in [-0.2, 0) is 20.1 Å². The van der Waals surface area contributed by atoms with E-state index in [9.17, 15) is 0 Å². The maximum absolute atomic E-state index is 5.63. The third kappa shape index (κ3) is 3.57. The second-order valence-corrected chi connectivity index (χ2v) is 5.24. The Bertz CT molecular complexity index is 563. The zero-order valence-corrected chi connectivity index (χ0v) is 11.7. The lowest BCUT2D eigenvalue weighted by Crippen LogP contribution is -2.19. The number of aryl methyl sites for hydroxylation is 1. The van der Waals surface area contributed by atoms with Crippen molar-refractivity contribution in [3.05, 3.63) is 41.7 Å². The quantitative estimate of drug-likeness (QED) is 0.833. The van der Waals surface area contributed by atoms with E-state index in [4.69, 9.17) is 4.74 Å². The van der Waals surface area contributed by atoms with Crippen LogP contribution in [0.5, 0.6) is 6.01 Å². The van der Waals surface area contributed by atoms with Gasteiger partial charge in [-0.2, -0.15) is 4.98 Å². The maximum atomic E-state index is 5.63. The molecule has 1 aromatic heterocycles. The molecule has 1 aromatic carbocycles. The van der Waals surface area contributed by atoms with Crippen molar-refractivity contribution >= 4 is 0 Å². The molecule has 1 aliphatic carbocycles. The van der Waals surface area contributed by atoms with Crippen molar-refractivity contribution in [1.82, 2.24) is 20.1 Å². The number of hydrogen-bond donors (Lipinski definition) is 1. The van der Waals surface area contributed by atoms with Crippen LogP contribution in [0.2, 0.25) is 0 Å². The van der Waals surface area contributed by atoms with Crippen molar-refractivity contribution < 1.29 is 4.74 Å². The van der Waals surface area contributed by atoms with Gasteiger partial charge in [0.15, 0.2) is 0 Å². The van der Waals surface area contributed by atoms with Gasteiger partial charge in [-0.1, -0.05) is 24.3 Å². The smallest absolute Gasteiger partial charge is 0.335 e. The third-order valence-electron chi connectivity index (χ3n) is 3.46. The van der Waals surface area contributed by atoms with Crippen LogP contribution >= 0.6 is 0 Å². The average molecular weight is 272 g/mol. The summed E-state index contributed by atoms with van der Waals surface area (Å²) >= 11 is 0. The molecular weight excluding hydrogens is 252 g/mol. The molecule has 0 amide bonds. The zero-order chi connectivity index (χ0) is 13.8. The Hall–Kier alpha value is -1.88. The minimum atomic E-state index is 0.429. The van der Waals surface area contributed by atoms with Crippen LogP contribution in [0.15, 0.2) is 30.6 Å². The van der Waals surface area contributed by atoms with E-state index in [1.165, 1.54) is 24.0 Å². The molecule has 0 saturated heterocycles. The van der Waals surface area contributed by atoms with Gasteiger partial charge in [-0.15, -0.1) is 5.10 Å². The van der Waals surface area contributed by atoms with Gasteiger partial charge < -0.3 is 10.1 Å². The minimum absolute atomic E-state index is 0.429. The fraction of sp³-hybridized carbons (Fsp3) is 0.467. The standard InChI is InChI=1S/C15H20N4O/c1-19-11-17-15(18-19)20-10-13-5-3-2-4-12(13)8-9-16-14-6-7-14/h2-5,11,14,16H,6-10H2,1H3. The van der Waals surface area contributed by atoms with Crippen molar-refractivity contribution in [2.75, 3.05) is 6.54 Å². The van der Waals surface area contributed by atoms with Gasteiger partial charge in [0.2, 0.25) is 0 Å². The molecule has 1 saturated carbocycles. The van der Waals surface area contributed by atoms with E-state index in [0.717, 1.165) is 19.0 Å². The largest absolute Gasteiger partial charge is 0.458 e. The van der Waals surface area contributed by atoms with Crippen LogP contribution in [0, 0.1) is 0 Å². The van der Waals surface area contributed by atoms with Crippen molar-refractivity contribution in [3.63, 3.8) is 0 Å². The van der Waals surface area contributed by atoms with E-state index in [0.29, 0.717) is 12.6 Å². The maximum Gasteiger partial charge on any atom is 0.335 e. The van der Waals surface area contributed by atoms with Gasteiger partial charge >= 0.3 is 6.01 Å². The number of hydrogen-bond acceptors (Lipinski definition) is 4. The molecule has 0 radical (unpaired) electrons. The van der Waals surface area contributed by atoms with Crippen molar-refractivity contribution in [2.24, 2.45) is 7.05 Å². The molecule has 5 heteroatoms. The van der Waals surface area contributed by atoms with Crippen molar-refractivity contribution in [1.29, 1.82) is 0 Å². The first-order valence-corrected chi connectivity index (χ1v) is 7.10. The van der Waals surface area contributed by atoms with Crippen molar-refractivity contribution in [2.45, 2.75) is 31.9 Å².